The molecular weight excluding hydrogens is 426 g/mol. The number of hydrogen-bond donors (Lipinski definition) is 3. The number of benzene rings is 2. The van der Waals surface area contributed by atoms with Gasteiger partial charge in [-0.3, -0.25) is 10.2 Å². The molecule has 0 aliphatic carbocycles. The van der Waals surface area contributed by atoms with Crippen molar-refractivity contribution in [2.45, 2.75) is 20.9 Å². The van der Waals surface area contributed by atoms with E-state index in [1.54, 1.807) is 31.4 Å². The lowest BCUT2D eigenvalue weighted by Crippen LogP contribution is -2.19. The second-order valence-corrected chi connectivity index (χ2v) is 10.3. The summed E-state index contributed by atoms with van der Waals surface area (Å²) in [6.45, 7) is 1.80. The normalized spacial score (nSPS) is 11.4. The predicted molar refractivity (Wildman–Crippen MR) is 118 cm³/mol. The van der Waals surface area contributed by atoms with Gasteiger partial charge in [-0.2, -0.15) is 0 Å². The average molecular weight is 446 g/mol. The summed E-state index contributed by atoms with van der Waals surface area (Å²) in [7, 11) is -4.08. The first-order chi connectivity index (χ1) is 13.7. The van der Waals surface area contributed by atoms with Crippen molar-refractivity contribution < 1.29 is 13.2 Å². The molecule has 0 aliphatic rings. The van der Waals surface area contributed by atoms with Gasteiger partial charge in [-0.15, -0.1) is 23.1 Å². The van der Waals surface area contributed by atoms with E-state index in [2.05, 4.69) is 0 Å². The van der Waals surface area contributed by atoms with Crippen LogP contribution in [0.15, 0.2) is 62.5 Å². The Balaban J connectivity index is 2.35. The fourth-order valence-electron chi connectivity index (χ4n) is 3.07. The zero-order valence-electron chi connectivity index (χ0n) is 15.7. The second-order valence-electron chi connectivity index (χ2n) is 6.24. The van der Waals surface area contributed by atoms with Crippen LogP contribution in [0.5, 0.6) is 0 Å². The van der Waals surface area contributed by atoms with Crippen LogP contribution in [0, 0.1) is 12.3 Å². The third-order valence-electron chi connectivity index (χ3n) is 4.38. The van der Waals surface area contributed by atoms with E-state index < -0.39 is 15.7 Å². The molecule has 0 fully saturated rings. The van der Waals surface area contributed by atoms with Gasteiger partial charge in [0.1, 0.15) is 5.84 Å². The first-order valence-corrected chi connectivity index (χ1v) is 12.0. The highest BCUT2D eigenvalue weighted by molar-refractivity contribution is 8.01. The molecule has 150 valence electrons. The fraction of sp³-hybridized carbons (Fsp3) is 0.100. The van der Waals surface area contributed by atoms with Crippen LogP contribution in [0.4, 0.5) is 0 Å². The third kappa shape index (κ3) is 3.81. The van der Waals surface area contributed by atoms with E-state index in [1.165, 1.54) is 23.9 Å². The highest BCUT2D eigenvalue weighted by Gasteiger charge is 2.31. The van der Waals surface area contributed by atoms with E-state index in [1.807, 2.05) is 18.2 Å². The van der Waals surface area contributed by atoms with Crippen LogP contribution in [-0.2, 0) is 9.84 Å². The van der Waals surface area contributed by atoms with Crippen molar-refractivity contribution in [2.75, 3.05) is 6.26 Å². The van der Waals surface area contributed by atoms with E-state index in [4.69, 9.17) is 16.9 Å². The average Bonchev–Trinajstić information content (AvgIpc) is 3.14. The minimum Gasteiger partial charge on any atom is -0.383 e. The van der Waals surface area contributed by atoms with Gasteiger partial charge in [0.05, 0.1) is 24.4 Å². The maximum absolute atomic E-state index is 13.5. The van der Waals surface area contributed by atoms with E-state index >= 15 is 0 Å². The number of carbonyl (C=O) groups excluding carboxylic acids is 1. The number of thiophene rings is 1. The van der Waals surface area contributed by atoms with Crippen molar-refractivity contribution in [1.29, 1.82) is 5.41 Å². The van der Waals surface area contributed by atoms with Gasteiger partial charge < -0.3 is 11.5 Å². The fourth-order valence-corrected chi connectivity index (χ4v) is 7.14. The van der Waals surface area contributed by atoms with Crippen LogP contribution in [-0.4, -0.2) is 26.4 Å². The molecular formula is C20H19N3O3S3. The van der Waals surface area contributed by atoms with Gasteiger partial charge in [-0.1, -0.05) is 36.4 Å². The Morgan fingerprint density at radius 3 is 2.28 bits per heavy atom. The maximum atomic E-state index is 13.5. The molecule has 3 rings (SSSR count). The minimum atomic E-state index is -4.08. The van der Waals surface area contributed by atoms with Crippen LogP contribution in [0.25, 0.3) is 11.1 Å². The number of amidine groups is 1. The van der Waals surface area contributed by atoms with Crippen LogP contribution in [0.2, 0.25) is 0 Å². The quantitative estimate of drug-likeness (QED) is 0.303. The van der Waals surface area contributed by atoms with E-state index in [9.17, 15) is 13.2 Å². The summed E-state index contributed by atoms with van der Waals surface area (Å²) in [6.07, 6.45) is 1.74. The summed E-state index contributed by atoms with van der Waals surface area (Å²) in [6, 6.07) is 13.5. The molecule has 0 radical (unpaired) electrons. The molecule has 0 unspecified atom stereocenters. The van der Waals surface area contributed by atoms with Crippen LogP contribution < -0.4 is 11.5 Å². The third-order valence-corrected chi connectivity index (χ3v) is 8.76. The van der Waals surface area contributed by atoms with Crippen molar-refractivity contribution in [3.05, 3.63) is 64.5 Å². The number of amides is 1. The first kappa shape index (κ1) is 21.1. The molecule has 0 aliphatic heterocycles. The number of nitrogen functional groups attached to an aromatic ring is 1. The Morgan fingerprint density at radius 1 is 1.07 bits per heavy atom. The maximum Gasteiger partial charge on any atom is 0.250 e. The van der Waals surface area contributed by atoms with Gasteiger partial charge >= 0.3 is 0 Å². The Hall–Kier alpha value is -2.62. The van der Waals surface area contributed by atoms with Crippen molar-refractivity contribution in [3.8, 4) is 11.1 Å². The van der Waals surface area contributed by atoms with Gasteiger partial charge in [0, 0.05) is 0 Å². The van der Waals surface area contributed by atoms with Crippen molar-refractivity contribution in [2.24, 2.45) is 11.5 Å². The molecule has 29 heavy (non-hydrogen) atoms. The molecule has 1 aromatic heterocycles. The summed E-state index contributed by atoms with van der Waals surface area (Å²) >= 11 is 2.37. The number of sulfone groups is 1. The Bertz CT molecular complexity index is 1220. The lowest BCUT2D eigenvalue weighted by atomic mass is 9.94. The molecule has 0 saturated heterocycles. The highest BCUT2D eigenvalue weighted by atomic mass is 32.2. The number of nitrogens with one attached hydrogen (secondary N) is 1. The molecule has 0 atom stereocenters. The largest absolute Gasteiger partial charge is 0.383 e. The van der Waals surface area contributed by atoms with Crippen LogP contribution in [0.1, 0.15) is 20.8 Å². The van der Waals surface area contributed by atoms with E-state index in [0.717, 1.165) is 16.9 Å². The SMILES string of the molecule is CSc1sc(C(=N)N)cc1S(=O)(=O)c1ccc(C)c(-c2ccccc2)c1C(N)=O. The Kier molecular flexibility index (Phi) is 5.83. The van der Waals surface area contributed by atoms with Gasteiger partial charge in [0.15, 0.2) is 0 Å². The number of primary amides is 1. The first-order valence-electron chi connectivity index (χ1n) is 8.44. The number of nitrogens with two attached hydrogens (primary N) is 2. The standard InChI is InChI=1S/C20H19N3O3S3/c1-11-8-9-14(17(19(23)24)16(11)12-6-4-3-5-7-12)29(25,26)15-10-13(18(21)22)28-20(15)27-2/h3-10H,1-2H3,(H3,21,22)(H2,23,24). The second kappa shape index (κ2) is 8.02. The van der Waals surface area contributed by atoms with Crippen LogP contribution in [0.3, 0.4) is 0 Å². The molecule has 1 amide bonds. The summed E-state index contributed by atoms with van der Waals surface area (Å²) < 4.78 is 27.6. The van der Waals surface area contributed by atoms with Crippen molar-refractivity contribution in [1.82, 2.24) is 0 Å². The zero-order valence-corrected chi connectivity index (χ0v) is 18.2. The molecule has 9 heteroatoms. The summed E-state index contributed by atoms with van der Waals surface area (Å²) in [5.41, 5.74) is 13.1. The Morgan fingerprint density at radius 2 is 1.72 bits per heavy atom. The minimum absolute atomic E-state index is 0.0190. The Labute approximate surface area is 177 Å². The number of rotatable bonds is 6. The number of thioether (sulfide) groups is 1. The summed E-state index contributed by atoms with van der Waals surface area (Å²) in [4.78, 5) is 12.6. The molecule has 0 saturated carbocycles. The molecule has 5 N–H and O–H groups in total. The zero-order chi connectivity index (χ0) is 21.3. The van der Waals surface area contributed by atoms with E-state index in [0.29, 0.717) is 20.2 Å². The smallest absolute Gasteiger partial charge is 0.250 e. The molecule has 0 spiro atoms. The van der Waals surface area contributed by atoms with Crippen molar-refractivity contribution in [3.63, 3.8) is 0 Å². The molecule has 2 aromatic carbocycles. The summed E-state index contributed by atoms with van der Waals surface area (Å²) in [5.74, 6) is -1.03. The molecule has 1 heterocycles. The highest BCUT2D eigenvalue weighted by Crippen LogP contribution is 2.40. The van der Waals surface area contributed by atoms with Crippen molar-refractivity contribution >= 4 is 44.7 Å². The monoisotopic (exact) mass is 445 g/mol. The van der Waals surface area contributed by atoms with Gasteiger partial charge in [-0.25, -0.2) is 8.42 Å². The predicted octanol–water partition coefficient (Wildman–Crippen LogP) is 3.66. The van der Waals surface area contributed by atoms with Crippen LogP contribution >= 0.6 is 23.1 Å². The lowest BCUT2D eigenvalue weighted by molar-refractivity contribution is 0.0997. The lowest BCUT2D eigenvalue weighted by Gasteiger charge is -2.16. The molecule has 3 aromatic rings. The number of aryl methyl sites for hydroxylation is 1. The number of carbonyl (C=O) groups is 1. The van der Waals surface area contributed by atoms with Gasteiger partial charge in [0.25, 0.3) is 5.91 Å². The van der Waals surface area contributed by atoms with E-state index in [-0.39, 0.29) is 21.2 Å². The topological polar surface area (TPSA) is 127 Å². The molecule has 6 nitrogen and oxygen atoms in total. The van der Waals surface area contributed by atoms with Gasteiger partial charge in [0.2, 0.25) is 9.84 Å². The molecule has 0 bridgehead atoms. The summed E-state index contributed by atoms with van der Waals surface area (Å²) in [5, 5.41) is 7.62. The number of hydrogen-bond acceptors (Lipinski definition) is 6. The van der Waals surface area contributed by atoms with Gasteiger partial charge in [-0.05, 0) is 42.0 Å².